The van der Waals surface area contributed by atoms with Crippen molar-refractivity contribution in [3.63, 3.8) is 0 Å². The molecule has 0 aromatic carbocycles. The third kappa shape index (κ3) is 3.42. The molecule has 0 saturated carbocycles. The van der Waals surface area contributed by atoms with Crippen LogP contribution in [0.5, 0.6) is 0 Å². The number of piperidine rings is 1. The molecule has 2 heterocycles. The minimum absolute atomic E-state index is 0.318. The Kier molecular flexibility index (Phi) is 4.40. The molecule has 2 atom stereocenters. The molecule has 0 spiro atoms. The molecule has 2 saturated heterocycles. The molecule has 98 valence electrons. The van der Waals surface area contributed by atoms with Crippen LogP contribution in [0.4, 0.5) is 0 Å². The summed E-state index contributed by atoms with van der Waals surface area (Å²) in [6.45, 7) is 7.36. The van der Waals surface area contributed by atoms with Gasteiger partial charge in [-0.25, -0.2) is 0 Å². The second-order valence-corrected chi connectivity index (χ2v) is 5.53. The molecule has 0 unspecified atom stereocenters. The number of carbonyl (C=O) groups is 1. The van der Waals surface area contributed by atoms with Crippen molar-refractivity contribution >= 4 is 5.97 Å². The summed E-state index contributed by atoms with van der Waals surface area (Å²) in [7, 11) is 0. The van der Waals surface area contributed by atoms with Gasteiger partial charge in [0.2, 0.25) is 0 Å². The van der Waals surface area contributed by atoms with Crippen LogP contribution in [0.1, 0.15) is 32.6 Å². The van der Waals surface area contributed by atoms with Gasteiger partial charge in [-0.3, -0.25) is 9.69 Å². The Morgan fingerprint density at radius 2 is 2.00 bits per heavy atom. The number of rotatable bonds is 4. The number of hydrogen-bond donors (Lipinski definition) is 1. The molecule has 2 aliphatic heterocycles. The first kappa shape index (κ1) is 12.8. The van der Waals surface area contributed by atoms with Gasteiger partial charge in [-0.1, -0.05) is 6.42 Å². The monoisotopic (exact) mass is 240 g/mol. The molecule has 0 bridgehead atoms. The lowest BCUT2D eigenvalue weighted by Crippen LogP contribution is -2.39. The number of nitrogens with zero attached hydrogens (tertiary/aromatic N) is 2. The van der Waals surface area contributed by atoms with Gasteiger partial charge >= 0.3 is 5.97 Å². The van der Waals surface area contributed by atoms with E-state index in [0.717, 1.165) is 19.5 Å². The summed E-state index contributed by atoms with van der Waals surface area (Å²) < 4.78 is 0. The predicted molar refractivity (Wildman–Crippen MR) is 67.1 cm³/mol. The highest BCUT2D eigenvalue weighted by molar-refractivity contribution is 5.72. The first-order valence-electron chi connectivity index (χ1n) is 6.86. The van der Waals surface area contributed by atoms with Gasteiger partial charge in [0.05, 0.1) is 0 Å². The molecular formula is C13H24N2O2. The van der Waals surface area contributed by atoms with E-state index in [1.54, 1.807) is 6.92 Å². The summed E-state index contributed by atoms with van der Waals surface area (Å²) in [5.74, 6) is -0.0153. The van der Waals surface area contributed by atoms with Crippen LogP contribution in [0.2, 0.25) is 0 Å². The maximum Gasteiger partial charge on any atom is 0.320 e. The quantitative estimate of drug-likeness (QED) is 0.803. The Bertz CT molecular complexity index is 264. The molecule has 0 aliphatic carbocycles. The number of carboxylic acid groups (broad SMARTS) is 1. The van der Waals surface area contributed by atoms with E-state index in [9.17, 15) is 4.79 Å². The fourth-order valence-electron chi connectivity index (χ4n) is 3.03. The van der Waals surface area contributed by atoms with Gasteiger partial charge in [0.15, 0.2) is 0 Å². The Hall–Kier alpha value is -0.610. The van der Waals surface area contributed by atoms with E-state index >= 15 is 0 Å². The van der Waals surface area contributed by atoms with E-state index in [2.05, 4.69) is 9.80 Å². The lowest BCUT2D eigenvalue weighted by atomic mass is 10.1. The second kappa shape index (κ2) is 5.83. The molecule has 2 aliphatic rings. The van der Waals surface area contributed by atoms with Crippen molar-refractivity contribution in [1.29, 1.82) is 0 Å². The lowest BCUT2D eigenvalue weighted by Gasteiger charge is -2.29. The van der Waals surface area contributed by atoms with Crippen LogP contribution in [0.25, 0.3) is 0 Å². The van der Waals surface area contributed by atoms with Crippen molar-refractivity contribution in [2.75, 3.05) is 32.7 Å². The Morgan fingerprint density at radius 1 is 1.29 bits per heavy atom. The van der Waals surface area contributed by atoms with E-state index in [1.807, 2.05) is 0 Å². The molecule has 0 aromatic heterocycles. The maximum atomic E-state index is 10.9. The Labute approximate surface area is 104 Å². The van der Waals surface area contributed by atoms with E-state index in [-0.39, 0.29) is 6.04 Å². The van der Waals surface area contributed by atoms with E-state index < -0.39 is 5.97 Å². The molecule has 0 radical (unpaired) electrons. The van der Waals surface area contributed by atoms with Crippen molar-refractivity contribution in [2.24, 2.45) is 5.92 Å². The lowest BCUT2D eigenvalue weighted by molar-refractivity contribution is -0.142. The van der Waals surface area contributed by atoms with E-state index in [1.165, 1.54) is 38.9 Å². The molecule has 4 heteroatoms. The van der Waals surface area contributed by atoms with E-state index in [4.69, 9.17) is 5.11 Å². The van der Waals surface area contributed by atoms with Gasteiger partial charge in [-0.05, 0) is 51.7 Å². The SMILES string of the molecule is C[C@H](C(=O)O)N1CC[C@H](CN2CCCCC2)C1. The van der Waals surface area contributed by atoms with Crippen molar-refractivity contribution in [2.45, 2.75) is 38.6 Å². The van der Waals surface area contributed by atoms with E-state index in [0.29, 0.717) is 5.92 Å². The minimum Gasteiger partial charge on any atom is -0.480 e. The first-order chi connectivity index (χ1) is 8.16. The van der Waals surface area contributed by atoms with Crippen LogP contribution in [0.3, 0.4) is 0 Å². The van der Waals surface area contributed by atoms with Gasteiger partial charge in [0.1, 0.15) is 6.04 Å². The minimum atomic E-state index is -0.691. The van der Waals surface area contributed by atoms with Gasteiger partial charge in [0, 0.05) is 13.1 Å². The topological polar surface area (TPSA) is 43.8 Å². The van der Waals surface area contributed by atoms with Crippen molar-refractivity contribution in [1.82, 2.24) is 9.80 Å². The molecule has 1 N–H and O–H groups in total. The third-order valence-electron chi connectivity index (χ3n) is 4.19. The molecular weight excluding hydrogens is 216 g/mol. The average Bonchev–Trinajstić information content (AvgIpc) is 2.77. The van der Waals surface area contributed by atoms with Crippen molar-refractivity contribution in [3.05, 3.63) is 0 Å². The number of aliphatic carboxylic acids is 1. The summed E-state index contributed by atoms with van der Waals surface area (Å²) in [6.07, 6.45) is 5.21. The van der Waals surface area contributed by atoms with Crippen LogP contribution in [0.15, 0.2) is 0 Å². The smallest absolute Gasteiger partial charge is 0.320 e. The summed E-state index contributed by atoms with van der Waals surface area (Å²) in [4.78, 5) is 15.6. The largest absolute Gasteiger partial charge is 0.480 e. The third-order valence-corrected chi connectivity index (χ3v) is 4.19. The highest BCUT2D eigenvalue weighted by Gasteiger charge is 2.30. The highest BCUT2D eigenvalue weighted by Crippen LogP contribution is 2.21. The second-order valence-electron chi connectivity index (χ2n) is 5.53. The number of hydrogen-bond acceptors (Lipinski definition) is 3. The summed E-state index contributed by atoms with van der Waals surface area (Å²) in [6, 6.07) is -0.318. The fourth-order valence-corrected chi connectivity index (χ4v) is 3.03. The summed E-state index contributed by atoms with van der Waals surface area (Å²) >= 11 is 0. The Morgan fingerprint density at radius 3 is 2.65 bits per heavy atom. The van der Waals surface area contributed by atoms with Gasteiger partial charge in [-0.2, -0.15) is 0 Å². The molecule has 17 heavy (non-hydrogen) atoms. The Balaban J connectivity index is 1.75. The molecule has 0 aromatic rings. The van der Waals surface area contributed by atoms with Crippen molar-refractivity contribution in [3.8, 4) is 0 Å². The predicted octanol–water partition coefficient (Wildman–Crippen LogP) is 1.27. The van der Waals surface area contributed by atoms with Crippen LogP contribution in [-0.4, -0.2) is 59.6 Å². The molecule has 4 nitrogen and oxygen atoms in total. The number of carboxylic acids is 1. The fraction of sp³-hybridized carbons (Fsp3) is 0.923. The summed E-state index contributed by atoms with van der Waals surface area (Å²) in [5, 5.41) is 9.00. The standard InChI is InChI=1S/C13H24N2O2/c1-11(13(16)17)15-8-5-12(10-15)9-14-6-3-2-4-7-14/h11-12H,2-10H2,1H3,(H,16,17)/t11-,12-/m1/s1. The zero-order valence-corrected chi connectivity index (χ0v) is 10.8. The van der Waals surface area contributed by atoms with Crippen LogP contribution >= 0.6 is 0 Å². The molecule has 2 fully saturated rings. The number of likely N-dealkylation sites (tertiary alicyclic amines) is 2. The van der Waals surface area contributed by atoms with Crippen LogP contribution in [-0.2, 0) is 4.79 Å². The normalized spacial score (nSPS) is 29.4. The van der Waals surface area contributed by atoms with Crippen molar-refractivity contribution < 1.29 is 9.90 Å². The zero-order valence-electron chi connectivity index (χ0n) is 10.8. The van der Waals surface area contributed by atoms with Gasteiger partial charge in [0.25, 0.3) is 0 Å². The molecule has 0 amide bonds. The van der Waals surface area contributed by atoms with Gasteiger partial charge < -0.3 is 10.0 Å². The highest BCUT2D eigenvalue weighted by atomic mass is 16.4. The zero-order chi connectivity index (χ0) is 12.3. The molecule has 2 rings (SSSR count). The summed E-state index contributed by atoms with van der Waals surface area (Å²) in [5.41, 5.74) is 0. The maximum absolute atomic E-state index is 10.9. The van der Waals surface area contributed by atoms with Crippen LogP contribution in [0, 0.1) is 5.92 Å². The first-order valence-corrected chi connectivity index (χ1v) is 6.86. The average molecular weight is 240 g/mol. The van der Waals surface area contributed by atoms with Gasteiger partial charge in [-0.15, -0.1) is 0 Å². The van der Waals surface area contributed by atoms with Crippen LogP contribution < -0.4 is 0 Å².